The highest BCUT2D eigenvalue weighted by Crippen LogP contribution is 2.29. The molecule has 1 amide bonds. The van der Waals surface area contributed by atoms with Gasteiger partial charge < -0.3 is 10.4 Å². The Morgan fingerprint density at radius 3 is 2.23 bits per heavy atom. The number of carboxylic acids is 1. The van der Waals surface area contributed by atoms with Gasteiger partial charge in [-0.2, -0.15) is 13.2 Å². The second-order valence-electron chi connectivity index (χ2n) is 5.96. The summed E-state index contributed by atoms with van der Waals surface area (Å²) in [6.07, 6.45) is -4.51. The number of halogens is 3. The molecule has 0 bridgehead atoms. The van der Waals surface area contributed by atoms with E-state index in [4.69, 9.17) is 0 Å². The highest BCUT2D eigenvalue weighted by Gasteiger charge is 2.30. The van der Waals surface area contributed by atoms with Gasteiger partial charge >= 0.3 is 12.1 Å². The number of aliphatic carboxylic acids is 1. The molecule has 4 nitrogen and oxygen atoms in total. The first-order valence-corrected chi connectivity index (χ1v) is 7.89. The van der Waals surface area contributed by atoms with Crippen LogP contribution >= 0.6 is 0 Å². The number of carbonyl (C=O) groups is 2. The van der Waals surface area contributed by atoms with E-state index in [2.05, 4.69) is 5.32 Å². The van der Waals surface area contributed by atoms with Crippen molar-refractivity contribution in [2.24, 2.45) is 0 Å². The molecule has 0 fully saturated rings. The number of carbonyl (C=O) groups excluding carboxylic acids is 1. The lowest BCUT2D eigenvalue weighted by molar-refractivity contribution is -0.141. The van der Waals surface area contributed by atoms with Gasteiger partial charge in [0.1, 0.15) is 6.04 Å². The number of carboxylic acid groups (broad SMARTS) is 1. The minimum Gasteiger partial charge on any atom is -0.480 e. The van der Waals surface area contributed by atoms with Crippen molar-refractivity contribution in [1.82, 2.24) is 5.32 Å². The van der Waals surface area contributed by atoms with Gasteiger partial charge in [-0.05, 0) is 35.7 Å². The van der Waals surface area contributed by atoms with Crippen LogP contribution in [0.4, 0.5) is 13.2 Å². The summed E-state index contributed by atoms with van der Waals surface area (Å²) in [4.78, 5) is 23.5. The molecule has 0 aliphatic rings. The molecule has 2 N–H and O–H groups in total. The van der Waals surface area contributed by atoms with Gasteiger partial charge in [0.25, 0.3) is 0 Å². The molecule has 1 atom stereocenters. The number of alkyl halides is 3. The SMILES string of the molecule is Cc1ccccc1C[C@@H](NC(=O)Cc1ccc(C(F)(F)F)cc1)C(=O)O. The van der Waals surface area contributed by atoms with Crippen molar-refractivity contribution in [3.05, 3.63) is 70.8 Å². The summed E-state index contributed by atoms with van der Waals surface area (Å²) in [5, 5.41) is 11.8. The summed E-state index contributed by atoms with van der Waals surface area (Å²) in [5.41, 5.74) is 1.28. The van der Waals surface area contributed by atoms with Gasteiger partial charge in [0.15, 0.2) is 0 Å². The summed E-state index contributed by atoms with van der Waals surface area (Å²) < 4.78 is 37.6. The fraction of sp³-hybridized carbons (Fsp3) is 0.263. The van der Waals surface area contributed by atoms with Crippen molar-refractivity contribution in [1.29, 1.82) is 0 Å². The van der Waals surface area contributed by atoms with E-state index in [9.17, 15) is 27.9 Å². The molecule has 0 saturated carbocycles. The van der Waals surface area contributed by atoms with E-state index >= 15 is 0 Å². The second-order valence-corrected chi connectivity index (χ2v) is 5.96. The number of hydrogen-bond acceptors (Lipinski definition) is 2. The molecule has 0 unspecified atom stereocenters. The van der Waals surface area contributed by atoms with Gasteiger partial charge in [-0.25, -0.2) is 4.79 Å². The zero-order chi connectivity index (χ0) is 19.3. The molecule has 0 saturated heterocycles. The lowest BCUT2D eigenvalue weighted by atomic mass is 10.0. The van der Waals surface area contributed by atoms with Gasteiger partial charge in [-0.15, -0.1) is 0 Å². The summed E-state index contributed by atoms with van der Waals surface area (Å²) in [6.45, 7) is 1.85. The van der Waals surface area contributed by atoms with Crippen LogP contribution in [0.15, 0.2) is 48.5 Å². The standard InChI is InChI=1S/C19H18F3NO3/c1-12-4-2-3-5-14(12)11-16(18(25)26)23-17(24)10-13-6-8-15(9-7-13)19(20,21)22/h2-9,16H,10-11H2,1H3,(H,23,24)(H,25,26)/t16-/m1/s1. The van der Waals surface area contributed by atoms with E-state index in [1.807, 2.05) is 19.1 Å². The smallest absolute Gasteiger partial charge is 0.416 e. The van der Waals surface area contributed by atoms with Crippen molar-refractivity contribution < 1.29 is 27.9 Å². The first-order valence-electron chi connectivity index (χ1n) is 7.89. The Bertz CT molecular complexity index is 785. The van der Waals surface area contributed by atoms with E-state index in [0.29, 0.717) is 5.56 Å². The van der Waals surface area contributed by atoms with Crippen LogP contribution in [-0.2, 0) is 28.6 Å². The summed E-state index contributed by atoms with van der Waals surface area (Å²) in [6, 6.07) is 10.3. The molecular weight excluding hydrogens is 347 g/mol. The van der Waals surface area contributed by atoms with E-state index in [-0.39, 0.29) is 12.8 Å². The van der Waals surface area contributed by atoms with Gasteiger partial charge in [0.2, 0.25) is 5.91 Å². The highest BCUT2D eigenvalue weighted by atomic mass is 19.4. The zero-order valence-electron chi connectivity index (χ0n) is 14.0. The first kappa shape index (κ1) is 19.5. The van der Waals surface area contributed by atoms with Gasteiger partial charge in [0, 0.05) is 6.42 Å². The Morgan fingerprint density at radius 1 is 1.08 bits per heavy atom. The molecule has 0 spiro atoms. The number of amides is 1. The Morgan fingerprint density at radius 2 is 1.69 bits per heavy atom. The lowest BCUT2D eigenvalue weighted by Crippen LogP contribution is -2.43. The molecule has 2 aromatic carbocycles. The average Bonchev–Trinajstić information content (AvgIpc) is 2.55. The molecule has 2 rings (SSSR count). The van der Waals surface area contributed by atoms with Crippen LogP contribution in [-0.4, -0.2) is 23.0 Å². The van der Waals surface area contributed by atoms with Crippen LogP contribution in [0, 0.1) is 6.92 Å². The van der Waals surface area contributed by atoms with Gasteiger partial charge in [-0.1, -0.05) is 36.4 Å². The predicted octanol–water partition coefficient (Wildman–Crippen LogP) is 3.37. The third-order valence-electron chi connectivity index (χ3n) is 3.96. The molecule has 2 aromatic rings. The van der Waals surface area contributed by atoms with Crippen LogP contribution in [0.3, 0.4) is 0 Å². The topological polar surface area (TPSA) is 66.4 Å². The van der Waals surface area contributed by atoms with Crippen LogP contribution in [0.25, 0.3) is 0 Å². The Kier molecular flexibility index (Phi) is 6.02. The summed E-state index contributed by atoms with van der Waals surface area (Å²) in [7, 11) is 0. The van der Waals surface area contributed by atoms with Crippen molar-refractivity contribution >= 4 is 11.9 Å². The summed E-state index contributed by atoms with van der Waals surface area (Å²) in [5.74, 6) is -1.74. The van der Waals surface area contributed by atoms with Crippen molar-refractivity contribution in [3.8, 4) is 0 Å². The Labute approximate surface area is 148 Å². The highest BCUT2D eigenvalue weighted by molar-refractivity contribution is 5.85. The van der Waals surface area contributed by atoms with Gasteiger partial charge in [0.05, 0.1) is 12.0 Å². The molecule has 0 heterocycles. The molecule has 0 aliphatic carbocycles. The maximum Gasteiger partial charge on any atom is 0.416 e. The minimum atomic E-state index is -4.44. The third kappa shape index (κ3) is 5.34. The number of aryl methyl sites for hydroxylation is 1. The van der Waals surface area contributed by atoms with Crippen LogP contribution in [0.2, 0.25) is 0 Å². The first-order chi connectivity index (χ1) is 12.2. The number of benzene rings is 2. The normalized spacial score (nSPS) is 12.5. The van der Waals surface area contributed by atoms with Crippen molar-refractivity contribution in [2.45, 2.75) is 32.0 Å². The minimum absolute atomic E-state index is 0.126. The molecule has 0 radical (unpaired) electrons. The average molecular weight is 365 g/mol. The molecule has 26 heavy (non-hydrogen) atoms. The maximum absolute atomic E-state index is 12.5. The summed E-state index contributed by atoms with van der Waals surface area (Å²) >= 11 is 0. The predicted molar refractivity (Wildman–Crippen MR) is 89.6 cm³/mol. The van der Waals surface area contributed by atoms with E-state index in [0.717, 1.165) is 23.3 Å². The molecule has 0 aliphatic heterocycles. The quantitative estimate of drug-likeness (QED) is 0.825. The van der Waals surface area contributed by atoms with Crippen molar-refractivity contribution in [3.63, 3.8) is 0 Å². The van der Waals surface area contributed by atoms with E-state index < -0.39 is 29.7 Å². The largest absolute Gasteiger partial charge is 0.480 e. The maximum atomic E-state index is 12.5. The van der Waals surface area contributed by atoms with E-state index in [1.54, 1.807) is 12.1 Å². The fourth-order valence-electron chi connectivity index (χ4n) is 2.50. The zero-order valence-corrected chi connectivity index (χ0v) is 14.0. The monoisotopic (exact) mass is 365 g/mol. The Balaban J connectivity index is 2.02. The van der Waals surface area contributed by atoms with Crippen molar-refractivity contribution in [2.75, 3.05) is 0 Å². The molecule has 7 heteroatoms. The molecule has 0 aromatic heterocycles. The molecular formula is C19H18F3NO3. The third-order valence-corrected chi connectivity index (χ3v) is 3.96. The van der Waals surface area contributed by atoms with Crippen LogP contribution < -0.4 is 5.32 Å². The number of hydrogen-bond donors (Lipinski definition) is 2. The van der Waals surface area contributed by atoms with Gasteiger partial charge in [-0.3, -0.25) is 4.79 Å². The number of nitrogens with one attached hydrogen (secondary N) is 1. The van der Waals surface area contributed by atoms with E-state index in [1.165, 1.54) is 12.1 Å². The fourth-order valence-corrected chi connectivity index (χ4v) is 2.50. The molecule has 138 valence electrons. The Hall–Kier alpha value is -2.83. The second kappa shape index (κ2) is 8.03. The van der Waals surface area contributed by atoms with Crippen LogP contribution in [0.5, 0.6) is 0 Å². The lowest BCUT2D eigenvalue weighted by Gasteiger charge is -2.16. The van der Waals surface area contributed by atoms with Crippen LogP contribution in [0.1, 0.15) is 22.3 Å². The number of rotatable bonds is 6.